The van der Waals surface area contributed by atoms with Gasteiger partial charge in [-0.2, -0.15) is 0 Å². The highest BCUT2D eigenvalue weighted by Gasteiger charge is 2.37. The lowest BCUT2D eigenvalue weighted by Gasteiger charge is -2.28. The molecule has 0 atom stereocenters. The van der Waals surface area contributed by atoms with Crippen molar-refractivity contribution in [2.45, 2.75) is 0 Å². The van der Waals surface area contributed by atoms with E-state index in [2.05, 4.69) is 15.9 Å². The Morgan fingerprint density at radius 1 is 1.24 bits per heavy atom. The van der Waals surface area contributed by atoms with Gasteiger partial charge in [0.15, 0.2) is 0 Å². The molecule has 0 N–H and O–H groups in total. The maximum absolute atomic E-state index is 12.3. The van der Waals surface area contributed by atoms with Gasteiger partial charge < -0.3 is 9.64 Å². The van der Waals surface area contributed by atoms with Crippen molar-refractivity contribution >= 4 is 39.2 Å². The molecule has 7 heteroatoms. The van der Waals surface area contributed by atoms with Crippen LogP contribution in [0, 0.1) is 0 Å². The average Bonchev–Trinajstić information content (AvgIpc) is 2.73. The second-order valence-electron chi connectivity index (χ2n) is 4.88. The van der Waals surface area contributed by atoms with E-state index in [1.54, 1.807) is 23.1 Å². The van der Waals surface area contributed by atoms with Crippen molar-refractivity contribution in [3.8, 4) is 0 Å². The van der Waals surface area contributed by atoms with Crippen LogP contribution in [0.1, 0.15) is 10.4 Å². The lowest BCUT2D eigenvalue weighted by atomic mass is 10.1. The summed E-state index contributed by atoms with van der Waals surface area (Å²) in [5.41, 5.74) is 0.832. The Kier molecular flexibility index (Phi) is 3.77. The monoisotopic (exact) mass is 352 g/mol. The molecule has 0 bridgehead atoms. The SMILES string of the molecule is O=C1C(=O)N(CC(=O)N2CCOCC2)c2cc(Br)ccc21. The summed E-state index contributed by atoms with van der Waals surface area (Å²) in [6.07, 6.45) is 0. The minimum absolute atomic E-state index is 0.117. The first-order valence-corrected chi connectivity index (χ1v) is 7.38. The van der Waals surface area contributed by atoms with Crippen LogP contribution in [0.4, 0.5) is 5.69 Å². The third kappa shape index (κ3) is 2.58. The van der Waals surface area contributed by atoms with Gasteiger partial charge in [0.1, 0.15) is 6.54 Å². The number of ketones is 1. The lowest BCUT2D eigenvalue weighted by molar-refractivity contribution is -0.134. The molecular formula is C14H13BrN2O4. The normalized spacial score (nSPS) is 18.1. The van der Waals surface area contributed by atoms with E-state index in [0.29, 0.717) is 37.6 Å². The summed E-state index contributed by atoms with van der Waals surface area (Å²) in [6, 6.07) is 4.99. The van der Waals surface area contributed by atoms with Crippen molar-refractivity contribution < 1.29 is 19.1 Å². The second-order valence-corrected chi connectivity index (χ2v) is 5.79. The van der Waals surface area contributed by atoms with Crippen LogP contribution in [0.3, 0.4) is 0 Å². The highest BCUT2D eigenvalue weighted by Crippen LogP contribution is 2.31. The van der Waals surface area contributed by atoms with Crippen molar-refractivity contribution in [3.05, 3.63) is 28.2 Å². The first-order valence-electron chi connectivity index (χ1n) is 6.59. The number of benzene rings is 1. The Hall–Kier alpha value is -1.73. The fourth-order valence-electron chi connectivity index (χ4n) is 2.47. The molecule has 1 fully saturated rings. The zero-order chi connectivity index (χ0) is 15.0. The molecule has 2 heterocycles. The minimum Gasteiger partial charge on any atom is -0.378 e. The van der Waals surface area contributed by atoms with Crippen LogP contribution in [-0.4, -0.2) is 55.3 Å². The third-order valence-corrected chi connectivity index (χ3v) is 4.09. The number of carbonyl (C=O) groups is 3. The summed E-state index contributed by atoms with van der Waals surface area (Å²) < 4.78 is 5.95. The Morgan fingerprint density at radius 2 is 1.95 bits per heavy atom. The summed E-state index contributed by atoms with van der Waals surface area (Å²) >= 11 is 3.31. The molecule has 2 aliphatic rings. The predicted octanol–water partition coefficient (Wildman–Crippen LogP) is 0.837. The van der Waals surface area contributed by atoms with Gasteiger partial charge in [-0.3, -0.25) is 19.3 Å². The highest BCUT2D eigenvalue weighted by atomic mass is 79.9. The number of anilines is 1. The van der Waals surface area contributed by atoms with Crippen LogP contribution in [-0.2, 0) is 14.3 Å². The van der Waals surface area contributed by atoms with Gasteiger partial charge in [0.05, 0.1) is 24.5 Å². The Labute approximate surface area is 129 Å². The van der Waals surface area contributed by atoms with E-state index in [1.807, 2.05) is 0 Å². The van der Waals surface area contributed by atoms with Crippen molar-refractivity contribution in [3.63, 3.8) is 0 Å². The van der Waals surface area contributed by atoms with Gasteiger partial charge in [-0.25, -0.2) is 0 Å². The third-order valence-electron chi connectivity index (χ3n) is 3.59. The number of Topliss-reactive ketones (excluding diaryl/α,β-unsaturated/α-hetero) is 1. The van der Waals surface area contributed by atoms with Gasteiger partial charge >= 0.3 is 0 Å². The average molecular weight is 353 g/mol. The van der Waals surface area contributed by atoms with Crippen LogP contribution in [0.2, 0.25) is 0 Å². The van der Waals surface area contributed by atoms with Crippen LogP contribution in [0.25, 0.3) is 0 Å². The molecule has 1 aromatic carbocycles. The summed E-state index contributed by atoms with van der Waals surface area (Å²) in [5.74, 6) is -1.38. The molecule has 1 aromatic rings. The number of rotatable bonds is 2. The molecule has 0 saturated carbocycles. The smallest absolute Gasteiger partial charge is 0.299 e. The largest absolute Gasteiger partial charge is 0.378 e. The Morgan fingerprint density at radius 3 is 2.67 bits per heavy atom. The van der Waals surface area contributed by atoms with Gasteiger partial charge in [-0.05, 0) is 18.2 Å². The Bertz CT molecular complexity index is 625. The first-order chi connectivity index (χ1) is 10.1. The first kappa shape index (κ1) is 14.2. The van der Waals surface area contributed by atoms with Crippen molar-refractivity contribution in [1.29, 1.82) is 0 Å². The van der Waals surface area contributed by atoms with E-state index in [0.717, 1.165) is 4.47 Å². The molecule has 0 radical (unpaired) electrons. The van der Waals surface area contributed by atoms with E-state index in [1.165, 1.54) is 4.90 Å². The van der Waals surface area contributed by atoms with Gasteiger partial charge in [0.2, 0.25) is 5.91 Å². The molecule has 2 amide bonds. The molecule has 110 valence electrons. The van der Waals surface area contributed by atoms with Gasteiger partial charge in [-0.15, -0.1) is 0 Å². The van der Waals surface area contributed by atoms with Gasteiger partial charge in [0.25, 0.3) is 11.7 Å². The van der Waals surface area contributed by atoms with Crippen LogP contribution >= 0.6 is 15.9 Å². The summed E-state index contributed by atoms with van der Waals surface area (Å²) in [7, 11) is 0. The molecule has 2 aliphatic heterocycles. The lowest BCUT2D eigenvalue weighted by Crippen LogP contribution is -2.46. The quantitative estimate of drug-likeness (QED) is 0.739. The topological polar surface area (TPSA) is 66.9 Å². The number of carbonyl (C=O) groups excluding carboxylic acids is 3. The van der Waals surface area contributed by atoms with E-state index >= 15 is 0 Å². The fraction of sp³-hybridized carbons (Fsp3) is 0.357. The van der Waals surface area contributed by atoms with Crippen molar-refractivity contribution in [1.82, 2.24) is 4.90 Å². The van der Waals surface area contributed by atoms with Crippen molar-refractivity contribution in [2.24, 2.45) is 0 Å². The number of morpholine rings is 1. The number of fused-ring (bicyclic) bond motifs is 1. The molecule has 3 rings (SSSR count). The molecule has 0 spiro atoms. The molecule has 21 heavy (non-hydrogen) atoms. The minimum atomic E-state index is -0.648. The highest BCUT2D eigenvalue weighted by molar-refractivity contribution is 9.10. The number of hydrogen-bond donors (Lipinski definition) is 0. The van der Waals surface area contributed by atoms with Gasteiger partial charge in [-0.1, -0.05) is 15.9 Å². The molecule has 1 saturated heterocycles. The van der Waals surface area contributed by atoms with Crippen molar-refractivity contribution in [2.75, 3.05) is 37.7 Å². The maximum atomic E-state index is 12.3. The summed E-state index contributed by atoms with van der Waals surface area (Å²) in [4.78, 5) is 39.1. The van der Waals surface area contributed by atoms with Crippen LogP contribution in [0.15, 0.2) is 22.7 Å². The molecule has 0 aliphatic carbocycles. The number of halogens is 1. The maximum Gasteiger partial charge on any atom is 0.299 e. The number of hydrogen-bond acceptors (Lipinski definition) is 4. The Balaban J connectivity index is 1.82. The van der Waals surface area contributed by atoms with E-state index in [-0.39, 0.29) is 12.5 Å². The van der Waals surface area contributed by atoms with E-state index < -0.39 is 11.7 Å². The van der Waals surface area contributed by atoms with Crippen LogP contribution < -0.4 is 4.90 Å². The molecule has 6 nitrogen and oxygen atoms in total. The van der Waals surface area contributed by atoms with Gasteiger partial charge in [0, 0.05) is 17.6 Å². The summed E-state index contributed by atoms with van der Waals surface area (Å²) in [6.45, 7) is 1.91. The zero-order valence-corrected chi connectivity index (χ0v) is 12.8. The predicted molar refractivity (Wildman–Crippen MR) is 78.2 cm³/mol. The zero-order valence-electron chi connectivity index (χ0n) is 11.2. The molecular weight excluding hydrogens is 340 g/mol. The standard InChI is InChI=1S/C14H13BrN2O4/c15-9-1-2-10-11(7-9)17(14(20)13(10)19)8-12(18)16-3-5-21-6-4-16/h1-2,7H,3-6,8H2. The number of ether oxygens (including phenoxy) is 1. The van der Waals surface area contributed by atoms with E-state index in [4.69, 9.17) is 4.74 Å². The fourth-order valence-corrected chi connectivity index (χ4v) is 2.82. The number of nitrogens with zero attached hydrogens (tertiary/aromatic N) is 2. The molecule has 0 aromatic heterocycles. The molecule has 0 unspecified atom stereocenters. The van der Waals surface area contributed by atoms with E-state index in [9.17, 15) is 14.4 Å². The van der Waals surface area contributed by atoms with Crippen LogP contribution in [0.5, 0.6) is 0 Å². The second kappa shape index (κ2) is 5.57. The number of amides is 2. The summed E-state index contributed by atoms with van der Waals surface area (Å²) in [5, 5.41) is 0.